The molecular weight excluding hydrogens is 364 g/mol. The number of rotatable bonds is 7. The van der Waals surface area contributed by atoms with Crippen LogP contribution in [0, 0.1) is 0 Å². The minimum atomic E-state index is -0.212. The van der Waals surface area contributed by atoms with E-state index in [0.29, 0.717) is 17.0 Å². The van der Waals surface area contributed by atoms with Crippen molar-refractivity contribution in [1.29, 1.82) is 0 Å². The molecule has 3 N–H and O–H groups in total. The van der Waals surface area contributed by atoms with Crippen molar-refractivity contribution in [2.75, 3.05) is 24.3 Å². The first kappa shape index (κ1) is 18.6. The number of benzene rings is 2. The van der Waals surface area contributed by atoms with E-state index in [1.165, 1.54) is 10.9 Å². The molecule has 6 nitrogen and oxygen atoms in total. The molecule has 4 rings (SSSR count). The lowest BCUT2D eigenvalue weighted by molar-refractivity contribution is 0.102. The Labute approximate surface area is 168 Å². The maximum atomic E-state index is 12.4. The van der Waals surface area contributed by atoms with Crippen molar-refractivity contribution >= 4 is 28.3 Å². The number of para-hydroxylation sites is 1. The lowest BCUT2D eigenvalue weighted by Gasteiger charge is -2.08. The SMILES string of the molecule is COc1cccc(NC(=O)c2ccc(NCCc3c[nH]c4ccccc34)nc2)c1. The highest BCUT2D eigenvalue weighted by Gasteiger charge is 2.08. The van der Waals surface area contributed by atoms with Gasteiger partial charge in [0.2, 0.25) is 0 Å². The third-order valence-corrected chi connectivity index (χ3v) is 4.73. The van der Waals surface area contributed by atoms with E-state index in [9.17, 15) is 4.79 Å². The molecule has 0 aliphatic rings. The van der Waals surface area contributed by atoms with Gasteiger partial charge in [-0.05, 0) is 42.3 Å². The Kier molecular flexibility index (Phi) is 5.42. The van der Waals surface area contributed by atoms with E-state index in [4.69, 9.17) is 4.74 Å². The number of pyridine rings is 1. The molecule has 2 heterocycles. The molecule has 0 bridgehead atoms. The molecule has 0 saturated carbocycles. The van der Waals surface area contributed by atoms with Crippen molar-refractivity contribution in [3.05, 3.63) is 84.2 Å². The van der Waals surface area contributed by atoms with Crippen molar-refractivity contribution < 1.29 is 9.53 Å². The molecule has 0 unspecified atom stereocenters. The van der Waals surface area contributed by atoms with E-state index in [0.717, 1.165) is 24.3 Å². The maximum absolute atomic E-state index is 12.4. The van der Waals surface area contributed by atoms with Gasteiger partial charge in [-0.15, -0.1) is 0 Å². The molecule has 0 radical (unpaired) electrons. The number of aromatic nitrogens is 2. The Balaban J connectivity index is 1.33. The highest BCUT2D eigenvalue weighted by molar-refractivity contribution is 6.04. The van der Waals surface area contributed by atoms with Crippen molar-refractivity contribution in [3.63, 3.8) is 0 Å². The van der Waals surface area contributed by atoms with Crippen LogP contribution in [0.4, 0.5) is 11.5 Å². The van der Waals surface area contributed by atoms with Gasteiger partial charge in [-0.25, -0.2) is 4.98 Å². The Morgan fingerprint density at radius 1 is 1.10 bits per heavy atom. The zero-order chi connectivity index (χ0) is 20.1. The molecule has 0 saturated heterocycles. The number of amides is 1. The predicted molar refractivity (Wildman–Crippen MR) is 116 cm³/mol. The summed E-state index contributed by atoms with van der Waals surface area (Å²) in [6.45, 7) is 0.754. The Morgan fingerprint density at radius 2 is 2.00 bits per heavy atom. The van der Waals surface area contributed by atoms with E-state index in [2.05, 4.69) is 32.7 Å². The summed E-state index contributed by atoms with van der Waals surface area (Å²) in [7, 11) is 1.59. The van der Waals surface area contributed by atoms with Crippen molar-refractivity contribution in [2.24, 2.45) is 0 Å². The van der Waals surface area contributed by atoms with Crippen LogP contribution in [0.15, 0.2) is 73.1 Å². The van der Waals surface area contributed by atoms with Gasteiger partial charge in [-0.3, -0.25) is 4.79 Å². The fourth-order valence-electron chi connectivity index (χ4n) is 3.20. The molecule has 2 aromatic heterocycles. The second kappa shape index (κ2) is 8.48. The monoisotopic (exact) mass is 386 g/mol. The van der Waals surface area contributed by atoms with E-state index < -0.39 is 0 Å². The van der Waals surface area contributed by atoms with Crippen LogP contribution in [0.3, 0.4) is 0 Å². The van der Waals surface area contributed by atoms with Crippen molar-refractivity contribution in [2.45, 2.75) is 6.42 Å². The standard InChI is InChI=1S/C23H22N4O2/c1-29-19-6-4-5-18(13-19)27-23(28)17-9-10-22(26-15-17)24-12-11-16-14-25-21-8-3-2-7-20(16)21/h2-10,13-15,25H,11-12H2,1H3,(H,24,26)(H,27,28). The van der Waals surface area contributed by atoms with Crippen LogP contribution in [-0.4, -0.2) is 29.5 Å². The highest BCUT2D eigenvalue weighted by atomic mass is 16.5. The molecule has 0 atom stereocenters. The lowest BCUT2D eigenvalue weighted by Crippen LogP contribution is -2.13. The maximum Gasteiger partial charge on any atom is 0.257 e. The van der Waals surface area contributed by atoms with Gasteiger partial charge in [0, 0.05) is 41.6 Å². The molecule has 0 spiro atoms. The number of nitrogens with zero attached hydrogens (tertiary/aromatic N) is 1. The summed E-state index contributed by atoms with van der Waals surface area (Å²) in [5.74, 6) is 1.22. The van der Waals surface area contributed by atoms with Gasteiger partial charge < -0.3 is 20.4 Å². The molecule has 2 aromatic carbocycles. The van der Waals surface area contributed by atoms with E-state index in [1.54, 1.807) is 25.4 Å². The fourth-order valence-corrected chi connectivity index (χ4v) is 3.20. The summed E-state index contributed by atoms with van der Waals surface area (Å²) in [6, 6.07) is 19.1. The Hall–Kier alpha value is -3.80. The number of H-pyrrole nitrogens is 1. The number of methoxy groups -OCH3 is 1. The average molecular weight is 386 g/mol. The quantitative estimate of drug-likeness (QED) is 0.438. The lowest BCUT2D eigenvalue weighted by atomic mass is 10.1. The molecule has 0 aliphatic carbocycles. The molecule has 146 valence electrons. The van der Waals surface area contributed by atoms with Gasteiger partial charge in [-0.1, -0.05) is 24.3 Å². The minimum Gasteiger partial charge on any atom is -0.497 e. The highest BCUT2D eigenvalue weighted by Crippen LogP contribution is 2.19. The van der Waals surface area contributed by atoms with Gasteiger partial charge in [-0.2, -0.15) is 0 Å². The number of aromatic amines is 1. The van der Waals surface area contributed by atoms with Crippen LogP contribution in [0.2, 0.25) is 0 Å². The second-order valence-electron chi connectivity index (χ2n) is 6.65. The van der Waals surface area contributed by atoms with Gasteiger partial charge in [0.25, 0.3) is 5.91 Å². The van der Waals surface area contributed by atoms with Gasteiger partial charge in [0.1, 0.15) is 11.6 Å². The number of hydrogen-bond acceptors (Lipinski definition) is 4. The van der Waals surface area contributed by atoms with Crippen LogP contribution >= 0.6 is 0 Å². The minimum absolute atomic E-state index is 0.212. The van der Waals surface area contributed by atoms with Crippen molar-refractivity contribution in [3.8, 4) is 5.75 Å². The van der Waals surface area contributed by atoms with Crippen LogP contribution in [0.1, 0.15) is 15.9 Å². The van der Waals surface area contributed by atoms with Crippen LogP contribution < -0.4 is 15.4 Å². The summed E-state index contributed by atoms with van der Waals surface area (Å²) in [4.78, 5) is 20.0. The van der Waals surface area contributed by atoms with Gasteiger partial charge in [0.05, 0.1) is 12.7 Å². The van der Waals surface area contributed by atoms with E-state index >= 15 is 0 Å². The van der Waals surface area contributed by atoms with Crippen LogP contribution in [0.5, 0.6) is 5.75 Å². The number of carbonyl (C=O) groups excluding carboxylic acids is 1. The average Bonchev–Trinajstić information content (AvgIpc) is 3.17. The molecule has 1 amide bonds. The zero-order valence-corrected chi connectivity index (χ0v) is 16.1. The summed E-state index contributed by atoms with van der Waals surface area (Å²) in [5, 5.41) is 7.40. The largest absolute Gasteiger partial charge is 0.497 e. The molecule has 4 aromatic rings. The number of anilines is 2. The molecular formula is C23H22N4O2. The predicted octanol–water partition coefficient (Wildman–Crippen LogP) is 4.48. The summed E-state index contributed by atoms with van der Waals surface area (Å²) in [6.07, 6.45) is 4.50. The Morgan fingerprint density at radius 3 is 2.83 bits per heavy atom. The molecule has 0 fully saturated rings. The normalized spacial score (nSPS) is 10.7. The first-order valence-electron chi connectivity index (χ1n) is 9.43. The van der Waals surface area contributed by atoms with Gasteiger partial charge in [0.15, 0.2) is 0 Å². The number of hydrogen-bond donors (Lipinski definition) is 3. The summed E-state index contributed by atoms with van der Waals surface area (Å²) < 4.78 is 5.17. The van der Waals surface area contributed by atoms with E-state index in [1.807, 2.05) is 42.6 Å². The van der Waals surface area contributed by atoms with E-state index in [-0.39, 0.29) is 5.91 Å². The van der Waals surface area contributed by atoms with Crippen LogP contribution in [-0.2, 0) is 6.42 Å². The number of carbonyl (C=O) groups is 1. The zero-order valence-electron chi connectivity index (χ0n) is 16.1. The smallest absolute Gasteiger partial charge is 0.257 e. The molecule has 6 heteroatoms. The number of ether oxygens (including phenoxy) is 1. The molecule has 0 aliphatic heterocycles. The first-order valence-corrected chi connectivity index (χ1v) is 9.43. The third kappa shape index (κ3) is 4.38. The topological polar surface area (TPSA) is 79.0 Å². The number of fused-ring (bicyclic) bond motifs is 1. The Bertz CT molecular complexity index is 1120. The third-order valence-electron chi connectivity index (χ3n) is 4.73. The first-order chi connectivity index (χ1) is 14.2. The van der Waals surface area contributed by atoms with Crippen LogP contribution in [0.25, 0.3) is 10.9 Å². The molecule has 29 heavy (non-hydrogen) atoms. The summed E-state index contributed by atoms with van der Waals surface area (Å²) in [5.41, 5.74) is 3.58. The van der Waals surface area contributed by atoms with Gasteiger partial charge >= 0.3 is 0 Å². The number of nitrogens with one attached hydrogen (secondary N) is 3. The van der Waals surface area contributed by atoms with Crippen molar-refractivity contribution in [1.82, 2.24) is 9.97 Å². The summed E-state index contributed by atoms with van der Waals surface area (Å²) >= 11 is 0. The fraction of sp³-hybridized carbons (Fsp3) is 0.130. The second-order valence-corrected chi connectivity index (χ2v) is 6.65.